The predicted molar refractivity (Wildman–Crippen MR) is 126 cm³/mol. The van der Waals surface area contributed by atoms with Gasteiger partial charge in [-0.25, -0.2) is 4.98 Å². The monoisotopic (exact) mass is 448 g/mol. The highest BCUT2D eigenvalue weighted by molar-refractivity contribution is 6.72. The van der Waals surface area contributed by atoms with Crippen LogP contribution in [0.1, 0.15) is 44.2 Å². The van der Waals surface area contributed by atoms with Crippen LogP contribution in [0.3, 0.4) is 0 Å². The number of nitrogens with zero attached hydrogens (tertiary/aromatic N) is 2. The third kappa shape index (κ3) is 6.48. The van der Waals surface area contributed by atoms with E-state index in [0.717, 1.165) is 30.4 Å². The Morgan fingerprint density at radius 2 is 1.68 bits per heavy atom. The van der Waals surface area contributed by atoms with Crippen LogP contribution in [-0.4, -0.2) is 43.9 Å². The van der Waals surface area contributed by atoms with Crippen molar-refractivity contribution in [3.63, 3.8) is 0 Å². The molecule has 2 rings (SSSR count). The summed E-state index contributed by atoms with van der Waals surface area (Å²) in [5.41, 5.74) is 13.2. The zero-order valence-electron chi connectivity index (χ0n) is 19.5. The van der Waals surface area contributed by atoms with E-state index >= 15 is 0 Å². The van der Waals surface area contributed by atoms with E-state index in [9.17, 15) is 4.80 Å². The molecule has 0 aliphatic rings. The van der Waals surface area contributed by atoms with Crippen molar-refractivity contribution in [2.24, 2.45) is 0 Å². The quantitative estimate of drug-likeness (QED) is 0.350. The van der Waals surface area contributed by atoms with Crippen LogP contribution in [0.2, 0.25) is 18.1 Å². The third-order valence-corrected chi connectivity index (χ3v) is 9.49. The lowest BCUT2D eigenvalue weighted by Gasteiger charge is -2.35. The summed E-state index contributed by atoms with van der Waals surface area (Å²) in [4.78, 5) is 18.5. The molecule has 1 aromatic heterocycles. The lowest BCUT2D eigenvalue weighted by atomic mass is 10.0. The van der Waals surface area contributed by atoms with E-state index in [1.54, 1.807) is 20.4 Å². The second kappa shape index (κ2) is 10.2. The Balaban J connectivity index is 2.07. The first-order chi connectivity index (χ1) is 14.5. The number of nitrogens with two attached hydrogens (primary N) is 2. The average Bonchev–Trinajstić information content (AvgIpc) is 2.69. The highest BCUT2D eigenvalue weighted by atomic mass is 28.4. The molecule has 0 saturated carbocycles. The number of hydrogen-bond acceptors (Lipinski definition) is 8. The Morgan fingerprint density at radius 1 is 1.06 bits per heavy atom. The van der Waals surface area contributed by atoms with Gasteiger partial charge in [0.1, 0.15) is 5.82 Å². The lowest BCUT2D eigenvalue weighted by molar-refractivity contribution is 0.265. The molecule has 0 bridgehead atoms. The summed E-state index contributed by atoms with van der Waals surface area (Å²) in [7, 11) is 1.01. The van der Waals surface area contributed by atoms with Crippen molar-refractivity contribution in [2.75, 3.05) is 32.3 Å². The van der Waals surface area contributed by atoms with Gasteiger partial charge >= 0.3 is 0 Å². The van der Waals surface area contributed by atoms with Crippen LogP contribution in [-0.2, 0) is 6.42 Å². The number of ether oxygens (including phenoxy) is 3. The summed E-state index contributed by atoms with van der Waals surface area (Å²) < 4.78 is 17.1. The van der Waals surface area contributed by atoms with Crippen LogP contribution < -0.4 is 25.7 Å². The molecule has 9 heteroatoms. The van der Waals surface area contributed by atoms with E-state index in [2.05, 4.69) is 23.8 Å². The Labute approximate surface area is 186 Å². The van der Waals surface area contributed by atoms with Crippen molar-refractivity contribution >= 4 is 20.1 Å². The van der Waals surface area contributed by atoms with E-state index in [1.165, 1.54) is 0 Å². The van der Waals surface area contributed by atoms with Gasteiger partial charge in [0.15, 0.2) is 19.8 Å². The molecule has 172 valence electrons. The van der Waals surface area contributed by atoms with E-state index in [1.807, 2.05) is 25.2 Å². The maximum Gasteiger partial charge on any atom is 0.221 e. The SMILES string of the molecule is COc1cc(Cc2cnc(N)nc2N)cc(OC)c1OCCCCC(C)(C)[Si](C)(C)O. The minimum atomic E-state index is -2.19. The minimum absolute atomic E-state index is 0.0301. The van der Waals surface area contributed by atoms with Crippen molar-refractivity contribution < 1.29 is 19.0 Å². The van der Waals surface area contributed by atoms with E-state index in [4.69, 9.17) is 25.7 Å². The molecule has 2 aromatic rings. The van der Waals surface area contributed by atoms with Crippen molar-refractivity contribution in [1.82, 2.24) is 9.97 Å². The van der Waals surface area contributed by atoms with Gasteiger partial charge in [-0.15, -0.1) is 0 Å². The van der Waals surface area contributed by atoms with Crippen LogP contribution in [0.4, 0.5) is 11.8 Å². The number of rotatable bonds is 11. The van der Waals surface area contributed by atoms with Crippen LogP contribution in [0.5, 0.6) is 17.2 Å². The molecule has 0 aliphatic heterocycles. The van der Waals surface area contributed by atoms with Gasteiger partial charge in [-0.2, -0.15) is 4.98 Å². The molecule has 1 aromatic carbocycles. The van der Waals surface area contributed by atoms with E-state index in [0.29, 0.717) is 36.1 Å². The molecule has 0 saturated heterocycles. The van der Waals surface area contributed by atoms with Crippen molar-refractivity contribution in [3.8, 4) is 17.2 Å². The summed E-state index contributed by atoms with van der Waals surface area (Å²) in [5.74, 6) is 2.25. The Morgan fingerprint density at radius 3 is 2.19 bits per heavy atom. The number of unbranched alkanes of at least 4 members (excludes halogenated alkanes) is 1. The molecule has 0 aliphatic carbocycles. The largest absolute Gasteiger partial charge is 0.493 e. The van der Waals surface area contributed by atoms with Crippen LogP contribution in [0.15, 0.2) is 18.3 Å². The second-order valence-corrected chi connectivity index (χ2v) is 13.4. The Hall–Kier alpha value is -2.52. The fourth-order valence-corrected chi connectivity index (χ4v) is 3.91. The number of hydrogen-bond donors (Lipinski definition) is 3. The maximum absolute atomic E-state index is 10.4. The summed E-state index contributed by atoms with van der Waals surface area (Å²) >= 11 is 0. The normalized spacial score (nSPS) is 12.0. The molecule has 8 nitrogen and oxygen atoms in total. The summed E-state index contributed by atoms with van der Waals surface area (Å²) in [5, 5.41) is -0.0301. The molecule has 0 spiro atoms. The predicted octanol–water partition coefficient (Wildman–Crippen LogP) is 3.78. The highest BCUT2D eigenvalue weighted by Gasteiger charge is 2.37. The molecule has 0 unspecified atom stereocenters. The van der Waals surface area contributed by atoms with Gasteiger partial charge in [-0.1, -0.05) is 13.8 Å². The fourth-order valence-electron chi connectivity index (χ4n) is 3.12. The first-order valence-electron chi connectivity index (χ1n) is 10.5. The second-order valence-electron chi connectivity index (χ2n) is 8.89. The lowest BCUT2D eigenvalue weighted by Crippen LogP contribution is -2.38. The smallest absolute Gasteiger partial charge is 0.221 e. The molecular formula is C22H36N4O4Si. The fraction of sp³-hybridized carbons (Fsp3) is 0.545. The third-order valence-electron chi connectivity index (χ3n) is 5.93. The molecule has 31 heavy (non-hydrogen) atoms. The topological polar surface area (TPSA) is 126 Å². The molecule has 0 radical (unpaired) electrons. The van der Waals surface area contributed by atoms with Gasteiger partial charge in [0.05, 0.1) is 20.8 Å². The first kappa shape index (κ1) is 24.7. The number of anilines is 2. The van der Waals surface area contributed by atoms with Gasteiger partial charge in [0.25, 0.3) is 0 Å². The maximum atomic E-state index is 10.4. The van der Waals surface area contributed by atoms with Crippen molar-refractivity contribution in [1.29, 1.82) is 0 Å². The summed E-state index contributed by atoms with van der Waals surface area (Å²) in [6.45, 7) is 8.80. The van der Waals surface area contributed by atoms with E-state index in [-0.39, 0.29) is 11.0 Å². The van der Waals surface area contributed by atoms with Crippen LogP contribution in [0, 0.1) is 0 Å². The molecular weight excluding hydrogens is 412 g/mol. The average molecular weight is 449 g/mol. The van der Waals surface area contributed by atoms with Crippen LogP contribution >= 0.6 is 0 Å². The molecule has 1 heterocycles. The molecule has 5 N–H and O–H groups in total. The zero-order valence-corrected chi connectivity index (χ0v) is 20.5. The Bertz CT molecular complexity index is 859. The van der Waals surface area contributed by atoms with Crippen molar-refractivity contribution in [2.45, 2.75) is 57.7 Å². The number of aromatic nitrogens is 2. The number of methoxy groups -OCH3 is 2. The van der Waals surface area contributed by atoms with Crippen LogP contribution in [0.25, 0.3) is 0 Å². The number of nitrogen functional groups attached to an aromatic ring is 2. The highest BCUT2D eigenvalue weighted by Crippen LogP contribution is 2.41. The summed E-state index contributed by atoms with van der Waals surface area (Å²) in [6.07, 6.45) is 4.95. The number of benzene rings is 1. The standard InChI is InChI=1S/C22H36N4O4Si/c1-22(2,31(5,6)27)9-7-8-10-30-19-17(28-3)12-15(13-18(19)29-4)11-16-14-25-21(24)26-20(16)23/h12-14,27H,7-11H2,1-6H3,(H4,23,24,25,26). The van der Waals surface area contributed by atoms with Crippen molar-refractivity contribution in [3.05, 3.63) is 29.5 Å². The Kier molecular flexibility index (Phi) is 8.13. The van der Waals surface area contributed by atoms with Gasteiger partial charge in [0, 0.05) is 18.2 Å². The van der Waals surface area contributed by atoms with Gasteiger partial charge < -0.3 is 30.5 Å². The summed E-state index contributed by atoms with van der Waals surface area (Å²) in [6, 6.07) is 3.80. The minimum Gasteiger partial charge on any atom is -0.493 e. The molecule has 0 atom stereocenters. The van der Waals surface area contributed by atoms with Gasteiger partial charge in [-0.05, 0) is 55.1 Å². The molecule has 0 amide bonds. The van der Waals surface area contributed by atoms with Gasteiger partial charge in [0.2, 0.25) is 11.7 Å². The zero-order chi connectivity index (χ0) is 23.2. The first-order valence-corrected chi connectivity index (χ1v) is 13.4. The van der Waals surface area contributed by atoms with Gasteiger partial charge in [-0.3, -0.25) is 0 Å². The molecule has 0 fully saturated rings. The van der Waals surface area contributed by atoms with E-state index < -0.39 is 8.32 Å².